The molecule has 1 heterocycles. The van der Waals surface area contributed by atoms with Crippen LogP contribution in [0.4, 0.5) is 0 Å². The van der Waals surface area contributed by atoms with Crippen LogP contribution < -0.4 is 5.73 Å². The Bertz CT molecular complexity index is 161. The topological polar surface area (TPSA) is 29.3 Å². The van der Waals surface area contributed by atoms with Crippen LogP contribution in [-0.2, 0) is 0 Å². The van der Waals surface area contributed by atoms with Crippen LogP contribution in [0.15, 0.2) is 0 Å². The second-order valence-electron chi connectivity index (χ2n) is 4.80. The summed E-state index contributed by atoms with van der Waals surface area (Å²) < 4.78 is 0. The van der Waals surface area contributed by atoms with Gasteiger partial charge in [-0.2, -0.15) is 0 Å². The summed E-state index contributed by atoms with van der Waals surface area (Å²) in [6.07, 6.45) is 7.07. The number of nitrogens with two attached hydrogens (primary N) is 1. The van der Waals surface area contributed by atoms with Gasteiger partial charge < -0.3 is 10.6 Å². The van der Waals surface area contributed by atoms with Crippen LogP contribution in [0.1, 0.15) is 32.1 Å². The number of likely N-dealkylation sites (tertiary alicyclic amines) is 1. The van der Waals surface area contributed by atoms with Gasteiger partial charge in [-0.3, -0.25) is 0 Å². The first kappa shape index (κ1) is 9.47. The largest absolute Gasteiger partial charge is 0.330 e. The maximum atomic E-state index is 5.85. The van der Waals surface area contributed by atoms with Gasteiger partial charge in [0, 0.05) is 6.04 Å². The summed E-state index contributed by atoms with van der Waals surface area (Å²) in [5, 5.41) is 0. The molecule has 13 heavy (non-hydrogen) atoms. The average Bonchev–Trinajstić information content (AvgIpc) is 2.17. The fourth-order valence-electron chi connectivity index (χ4n) is 3.41. The SMILES string of the molecule is CN1CCCC2CCCC(CN)C21. The van der Waals surface area contributed by atoms with Crippen molar-refractivity contribution >= 4 is 0 Å². The Morgan fingerprint density at radius 2 is 2.00 bits per heavy atom. The first-order valence-electron chi connectivity index (χ1n) is 5.73. The van der Waals surface area contributed by atoms with Gasteiger partial charge in [0.05, 0.1) is 0 Å². The lowest BCUT2D eigenvalue weighted by molar-refractivity contribution is 0.0410. The molecule has 3 atom stereocenters. The highest BCUT2D eigenvalue weighted by Crippen LogP contribution is 2.37. The third-order valence-corrected chi connectivity index (χ3v) is 4.01. The summed E-state index contributed by atoms with van der Waals surface area (Å²) >= 11 is 0. The van der Waals surface area contributed by atoms with Gasteiger partial charge in [-0.15, -0.1) is 0 Å². The van der Waals surface area contributed by atoms with Gasteiger partial charge in [0.1, 0.15) is 0 Å². The van der Waals surface area contributed by atoms with Crippen LogP contribution in [0, 0.1) is 11.8 Å². The summed E-state index contributed by atoms with van der Waals surface area (Å²) in [4.78, 5) is 2.56. The first-order chi connectivity index (χ1) is 6.33. The maximum absolute atomic E-state index is 5.85. The molecule has 0 aromatic carbocycles. The molecule has 1 aliphatic carbocycles. The fraction of sp³-hybridized carbons (Fsp3) is 1.00. The predicted molar refractivity (Wildman–Crippen MR) is 55.5 cm³/mol. The third kappa shape index (κ3) is 1.75. The van der Waals surface area contributed by atoms with E-state index in [1.54, 1.807) is 0 Å². The first-order valence-corrected chi connectivity index (χ1v) is 5.73. The Morgan fingerprint density at radius 1 is 1.23 bits per heavy atom. The van der Waals surface area contributed by atoms with E-state index in [-0.39, 0.29) is 0 Å². The van der Waals surface area contributed by atoms with Crippen LogP contribution in [0.5, 0.6) is 0 Å². The zero-order chi connectivity index (χ0) is 9.26. The fourth-order valence-corrected chi connectivity index (χ4v) is 3.41. The molecule has 2 aliphatic rings. The quantitative estimate of drug-likeness (QED) is 0.665. The minimum absolute atomic E-state index is 0.782. The van der Waals surface area contributed by atoms with Crippen LogP contribution in [-0.4, -0.2) is 31.1 Å². The molecule has 2 N–H and O–H groups in total. The summed E-state index contributed by atoms with van der Waals surface area (Å²) in [5.41, 5.74) is 5.85. The summed E-state index contributed by atoms with van der Waals surface area (Å²) in [7, 11) is 2.28. The van der Waals surface area contributed by atoms with E-state index in [1.165, 1.54) is 38.6 Å². The van der Waals surface area contributed by atoms with E-state index in [2.05, 4.69) is 11.9 Å². The van der Waals surface area contributed by atoms with Crippen molar-refractivity contribution in [3.05, 3.63) is 0 Å². The van der Waals surface area contributed by atoms with E-state index in [1.807, 2.05) is 0 Å². The van der Waals surface area contributed by atoms with Crippen molar-refractivity contribution in [3.8, 4) is 0 Å². The van der Waals surface area contributed by atoms with E-state index < -0.39 is 0 Å². The standard InChI is InChI=1S/C11H22N2/c1-13-7-3-6-9-4-2-5-10(8-12)11(9)13/h9-11H,2-8,12H2,1H3. The monoisotopic (exact) mass is 182 g/mol. The molecule has 0 bridgehead atoms. The van der Waals surface area contributed by atoms with Gasteiger partial charge in [-0.1, -0.05) is 6.42 Å². The Morgan fingerprint density at radius 3 is 2.77 bits per heavy atom. The summed E-state index contributed by atoms with van der Waals surface area (Å²) in [6, 6.07) is 0.812. The predicted octanol–water partition coefficient (Wildman–Crippen LogP) is 1.46. The van der Waals surface area contributed by atoms with Crippen molar-refractivity contribution in [3.63, 3.8) is 0 Å². The highest BCUT2D eigenvalue weighted by Gasteiger charge is 2.36. The Balaban J connectivity index is 2.07. The third-order valence-electron chi connectivity index (χ3n) is 4.01. The summed E-state index contributed by atoms with van der Waals surface area (Å²) in [6.45, 7) is 2.18. The highest BCUT2D eigenvalue weighted by atomic mass is 15.1. The molecular formula is C11H22N2. The molecule has 1 saturated heterocycles. The minimum atomic E-state index is 0.782. The van der Waals surface area contributed by atoms with Crippen LogP contribution >= 0.6 is 0 Å². The van der Waals surface area contributed by atoms with Crippen molar-refractivity contribution in [2.45, 2.75) is 38.1 Å². The van der Waals surface area contributed by atoms with Crippen LogP contribution in [0.3, 0.4) is 0 Å². The van der Waals surface area contributed by atoms with E-state index in [9.17, 15) is 0 Å². The molecule has 0 amide bonds. The number of nitrogens with zero attached hydrogens (tertiary/aromatic N) is 1. The zero-order valence-electron chi connectivity index (χ0n) is 8.71. The second kappa shape index (κ2) is 3.97. The number of fused-ring (bicyclic) bond motifs is 1. The zero-order valence-corrected chi connectivity index (χ0v) is 8.71. The molecule has 2 fully saturated rings. The lowest BCUT2D eigenvalue weighted by atomic mass is 9.72. The van der Waals surface area contributed by atoms with Gasteiger partial charge in [0.15, 0.2) is 0 Å². The maximum Gasteiger partial charge on any atom is 0.0161 e. The molecule has 0 aromatic rings. The Hall–Kier alpha value is -0.0800. The number of piperidine rings is 1. The molecular weight excluding hydrogens is 160 g/mol. The Kier molecular flexibility index (Phi) is 2.89. The van der Waals surface area contributed by atoms with Crippen LogP contribution in [0.2, 0.25) is 0 Å². The molecule has 0 radical (unpaired) electrons. The van der Waals surface area contributed by atoms with E-state index in [0.29, 0.717) is 0 Å². The normalized spacial score (nSPS) is 41.5. The minimum Gasteiger partial charge on any atom is -0.330 e. The number of hydrogen-bond donors (Lipinski definition) is 1. The van der Waals surface area contributed by atoms with E-state index in [4.69, 9.17) is 5.73 Å². The van der Waals surface area contributed by atoms with Gasteiger partial charge in [-0.25, -0.2) is 0 Å². The molecule has 0 spiro atoms. The summed E-state index contributed by atoms with van der Waals surface area (Å²) in [5.74, 6) is 1.74. The Labute approximate surface area is 81.5 Å². The number of rotatable bonds is 1. The average molecular weight is 182 g/mol. The van der Waals surface area contributed by atoms with E-state index >= 15 is 0 Å². The van der Waals surface area contributed by atoms with Crippen molar-refractivity contribution in [2.75, 3.05) is 20.1 Å². The smallest absolute Gasteiger partial charge is 0.0161 e. The molecule has 2 rings (SSSR count). The second-order valence-corrected chi connectivity index (χ2v) is 4.80. The lowest BCUT2D eigenvalue weighted by Crippen LogP contribution is -2.51. The van der Waals surface area contributed by atoms with Crippen molar-refractivity contribution < 1.29 is 0 Å². The van der Waals surface area contributed by atoms with Gasteiger partial charge in [-0.05, 0) is 57.7 Å². The van der Waals surface area contributed by atoms with E-state index in [0.717, 1.165) is 24.4 Å². The van der Waals surface area contributed by atoms with Gasteiger partial charge >= 0.3 is 0 Å². The highest BCUT2D eigenvalue weighted by molar-refractivity contribution is 4.91. The molecule has 1 saturated carbocycles. The molecule has 2 heteroatoms. The number of hydrogen-bond acceptors (Lipinski definition) is 2. The van der Waals surface area contributed by atoms with Gasteiger partial charge in [0.25, 0.3) is 0 Å². The molecule has 3 unspecified atom stereocenters. The molecule has 2 nitrogen and oxygen atoms in total. The molecule has 0 aromatic heterocycles. The van der Waals surface area contributed by atoms with Crippen molar-refractivity contribution in [1.82, 2.24) is 4.90 Å². The van der Waals surface area contributed by atoms with Gasteiger partial charge in [0.2, 0.25) is 0 Å². The molecule has 1 aliphatic heterocycles. The van der Waals surface area contributed by atoms with Crippen LogP contribution in [0.25, 0.3) is 0 Å². The van der Waals surface area contributed by atoms with Crippen molar-refractivity contribution in [2.24, 2.45) is 17.6 Å². The van der Waals surface area contributed by atoms with Crippen molar-refractivity contribution in [1.29, 1.82) is 0 Å². The molecule has 76 valence electrons. The lowest BCUT2D eigenvalue weighted by Gasteiger charge is -2.46.